The molecule has 4 rings (SSSR count). The molecule has 0 radical (unpaired) electrons. The molecule has 1 amide bonds. The fourth-order valence-electron chi connectivity index (χ4n) is 2.98. The van der Waals surface area contributed by atoms with E-state index in [9.17, 15) is 4.79 Å². The van der Waals surface area contributed by atoms with Crippen LogP contribution in [0.3, 0.4) is 0 Å². The van der Waals surface area contributed by atoms with Crippen LogP contribution in [0.5, 0.6) is 0 Å². The third-order valence-corrected chi connectivity index (χ3v) is 5.76. The third-order valence-electron chi connectivity index (χ3n) is 4.82. The summed E-state index contributed by atoms with van der Waals surface area (Å²) in [6.07, 6.45) is 4.87. The summed E-state index contributed by atoms with van der Waals surface area (Å²) in [7, 11) is 4.03. The Hall–Kier alpha value is -2.02. The van der Waals surface area contributed by atoms with Gasteiger partial charge < -0.3 is 14.8 Å². The van der Waals surface area contributed by atoms with E-state index in [1.807, 2.05) is 26.2 Å². The van der Waals surface area contributed by atoms with Gasteiger partial charge in [-0.1, -0.05) is 23.9 Å². The van der Waals surface area contributed by atoms with E-state index in [2.05, 4.69) is 37.1 Å². The molecule has 0 aliphatic heterocycles. The van der Waals surface area contributed by atoms with Crippen LogP contribution in [-0.4, -0.2) is 40.5 Å². The average molecular weight is 372 g/mol. The van der Waals surface area contributed by atoms with Gasteiger partial charge in [0.05, 0.1) is 5.75 Å². The second-order valence-corrected chi connectivity index (χ2v) is 8.29. The predicted molar refractivity (Wildman–Crippen MR) is 104 cm³/mol. The first kappa shape index (κ1) is 17.4. The summed E-state index contributed by atoms with van der Waals surface area (Å²) in [6, 6.07) is 8.78. The van der Waals surface area contributed by atoms with Gasteiger partial charge in [0.2, 0.25) is 5.91 Å². The van der Waals surface area contributed by atoms with Crippen molar-refractivity contribution in [1.82, 2.24) is 20.1 Å². The maximum Gasteiger partial charge on any atom is 0.230 e. The number of rotatable bonds is 8. The lowest BCUT2D eigenvalue weighted by atomic mass is 10.2. The van der Waals surface area contributed by atoms with E-state index < -0.39 is 0 Å². The Bertz CT molecular complexity index is 778. The predicted octanol–water partition coefficient (Wildman–Crippen LogP) is 2.96. The Balaban J connectivity index is 1.29. The number of benzene rings is 1. The second kappa shape index (κ2) is 7.31. The molecule has 138 valence electrons. The summed E-state index contributed by atoms with van der Waals surface area (Å²) in [5.41, 5.74) is 2.26. The smallest absolute Gasteiger partial charge is 0.230 e. The van der Waals surface area contributed by atoms with Crippen LogP contribution in [0.4, 0.5) is 5.69 Å². The number of aromatic nitrogens is 3. The van der Waals surface area contributed by atoms with E-state index in [-0.39, 0.29) is 5.91 Å². The van der Waals surface area contributed by atoms with Crippen molar-refractivity contribution in [2.45, 2.75) is 49.3 Å². The minimum absolute atomic E-state index is 0.0324. The molecule has 1 aromatic heterocycles. The second-order valence-electron chi connectivity index (χ2n) is 7.34. The van der Waals surface area contributed by atoms with Gasteiger partial charge in [0, 0.05) is 38.3 Å². The van der Waals surface area contributed by atoms with E-state index in [0.717, 1.165) is 22.2 Å². The fourth-order valence-corrected chi connectivity index (χ4v) is 3.82. The zero-order valence-corrected chi connectivity index (χ0v) is 16.1. The molecule has 0 atom stereocenters. The number of hydrogen-bond acceptors (Lipinski definition) is 5. The first-order valence-electron chi connectivity index (χ1n) is 9.22. The number of carbonyl (C=O) groups excluding carboxylic acids is 1. The highest BCUT2D eigenvalue weighted by Crippen LogP contribution is 2.45. The normalized spacial score (nSPS) is 16.5. The van der Waals surface area contributed by atoms with E-state index in [4.69, 9.17) is 0 Å². The highest BCUT2D eigenvalue weighted by Gasteiger charge is 2.36. The molecule has 26 heavy (non-hydrogen) atoms. The summed E-state index contributed by atoms with van der Waals surface area (Å²) in [5, 5.41) is 12.6. The van der Waals surface area contributed by atoms with Crippen molar-refractivity contribution >= 4 is 23.4 Å². The van der Waals surface area contributed by atoms with Gasteiger partial charge in [0.15, 0.2) is 5.16 Å². The summed E-state index contributed by atoms with van der Waals surface area (Å²) in [6.45, 7) is 0.551. The van der Waals surface area contributed by atoms with Crippen molar-refractivity contribution in [2.75, 3.05) is 24.7 Å². The Morgan fingerprint density at radius 3 is 2.54 bits per heavy atom. The number of anilines is 1. The number of thioether (sulfide) groups is 1. The maximum absolute atomic E-state index is 12.2. The molecule has 7 heteroatoms. The molecule has 6 nitrogen and oxygen atoms in total. The highest BCUT2D eigenvalue weighted by atomic mass is 32.2. The fraction of sp³-hybridized carbons (Fsp3) is 0.526. The molecule has 2 aliphatic carbocycles. The molecule has 0 saturated heterocycles. The third kappa shape index (κ3) is 4.03. The molecule has 0 spiro atoms. The SMILES string of the molecule is CN(C)c1ccc(CNC(=O)CSc2nnc(C3CC3)n2C2CC2)cc1. The van der Waals surface area contributed by atoms with Crippen LogP contribution in [0.2, 0.25) is 0 Å². The molecule has 0 bridgehead atoms. The van der Waals surface area contributed by atoms with Crippen molar-refractivity contribution in [3.05, 3.63) is 35.7 Å². The van der Waals surface area contributed by atoms with Gasteiger partial charge in [-0.05, 0) is 43.4 Å². The molecule has 2 fully saturated rings. The van der Waals surface area contributed by atoms with Crippen LogP contribution < -0.4 is 10.2 Å². The van der Waals surface area contributed by atoms with Crippen LogP contribution in [0, 0.1) is 0 Å². The molecule has 2 aliphatic rings. The van der Waals surface area contributed by atoms with Crippen molar-refractivity contribution in [3.8, 4) is 0 Å². The summed E-state index contributed by atoms with van der Waals surface area (Å²) >= 11 is 1.50. The standard InChI is InChI=1S/C19H25N5OS/c1-23(2)15-7-3-13(4-8-15)11-20-17(25)12-26-19-22-21-18(14-5-6-14)24(19)16-9-10-16/h3-4,7-8,14,16H,5-6,9-12H2,1-2H3,(H,20,25). The van der Waals surface area contributed by atoms with Crippen molar-refractivity contribution in [2.24, 2.45) is 0 Å². The molecule has 1 heterocycles. The number of hydrogen-bond donors (Lipinski definition) is 1. The largest absolute Gasteiger partial charge is 0.378 e. The average Bonchev–Trinajstić information content (AvgIpc) is 3.57. The van der Waals surface area contributed by atoms with Gasteiger partial charge >= 0.3 is 0 Å². The van der Waals surface area contributed by atoms with E-state index in [0.29, 0.717) is 24.3 Å². The molecule has 0 unspecified atom stereocenters. The van der Waals surface area contributed by atoms with Crippen molar-refractivity contribution < 1.29 is 4.79 Å². The number of amides is 1. The Labute approximate surface area is 158 Å². The van der Waals surface area contributed by atoms with Gasteiger partial charge in [-0.2, -0.15) is 0 Å². The minimum Gasteiger partial charge on any atom is -0.378 e. The highest BCUT2D eigenvalue weighted by molar-refractivity contribution is 7.99. The molecular weight excluding hydrogens is 346 g/mol. The zero-order chi connectivity index (χ0) is 18.1. The topological polar surface area (TPSA) is 63.1 Å². The number of nitrogens with one attached hydrogen (secondary N) is 1. The zero-order valence-electron chi connectivity index (χ0n) is 15.3. The van der Waals surface area contributed by atoms with Crippen molar-refractivity contribution in [1.29, 1.82) is 0 Å². The molecule has 1 N–H and O–H groups in total. The van der Waals surface area contributed by atoms with E-state index in [1.165, 1.54) is 37.4 Å². The summed E-state index contributed by atoms with van der Waals surface area (Å²) in [5.74, 6) is 2.14. The Morgan fingerprint density at radius 1 is 1.19 bits per heavy atom. The van der Waals surface area contributed by atoms with Crippen molar-refractivity contribution in [3.63, 3.8) is 0 Å². The van der Waals surface area contributed by atoms with Crippen LogP contribution >= 0.6 is 11.8 Å². The minimum atomic E-state index is 0.0324. The molecule has 2 aromatic rings. The quantitative estimate of drug-likeness (QED) is 0.723. The van der Waals surface area contributed by atoms with Gasteiger partial charge in [-0.3, -0.25) is 4.79 Å². The van der Waals surface area contributed by atoms with Crippen LogP contribution in [0.25, 0.3) is 0 Å². The van der Waals surface area contributed by atoms with Crippen LogP contribution in [0.1, 0.15) is 49.0 Å². The summed E-state index contributed by atoms with van der Waals surface area (Å²) < 4.78 is 2.29. The summed E-state index contributed by atoms with van der Waals surface area (Å²) in [4.78, 5) is 14.3. The molecule has 1 aromatic carbocycles. The Kier molecular flexibility index (Phi) is 4.89. The van der Waals surface area contributed by atoms with Gasteiger partial charge in [-0.25, -0.2) is 0 Å². The van der Waals surface area contributed by atoms with Gasteiger partial charge in [0.25, 0.3) is 0 Å². The van der Waals surface area contributed by atoms with Crippen LogP contribution in [-0.2, 0) is 11.3 Å². The van der Waals surface area contributed by atoms with E-state index in [1.54, 1.807) is 0 Å². The molecule has 2 saturated carbocycles. The van der Waals surface area contributed by atoms with Gasteiger partial charge in [0.1, 0.15) is 5.82 Å². The molecular formula is C19H25N5OS. The number of nitrogens with zero attached hydrogens (tertiary/aromatic N) is 4. The Morgan fingerprint density at radius 2 is 1.92 bits per heavy atom. The van der Waals surface area contributed by atoms with Crippen LogP contribution in [0.15, 0.2) is 29.4 Å². The lowest BCUT2D eigenvalue weighted by molar-refractivity contribution is -0.118. The maximum atomic E-state index is 12.2. The lowest BCUT2D eigenvalue weighted by Gasteiger charge is -2.13. The lowest BCUT2D eigenvalue weighted by Crippen LogP contribution is -2.24. The number of carbonyl (C=O) groups is 1. The first-order chi connectivity index (χ1) is 12.6. The first-order valence-corrected chi connectivity index (χ1v) is 10.2. The van der Waals surface area contributed by atoms with Gasteiger partial charge in [-0.15, -0.1) is 10.2 Å². The monoisotopic (exact) mass is 371 g/mol. The van der Waals surface area contributed by atoms with E-state index >= 15 is 0 Å².